The van der Waals surface area contributed by atoms with E-state index in [1.807, 2.05) is 0 Å². The number of hydrogen-bond donors (Lipinski definition) is 2. The van der Waals surface area contributed by atoms with Gasteiger partial charge in [-0.2, -0.15) is 0 Å². The molecule has 0 saturated carbocycles. The number of carbonyl (C=O) groups is 1. The maximum Gasteiger partial charge on any atom is 0.303 e. The van der Waals surface area contributed by atoms with Crippen molar-refractivity contribution in [1.82, 2.24) is 0 Å². The first-order valence-electron chi connectivity index (χ1n) is 5.61. The number of carboxylic acid groups (broad SMARTS) is 1. The van der Waals surface area contributed by atoms with Gasteiger partial charge in [-0.3, -0.25) is 4.79 Å². The lowest BCUT2D eigenvalue weighted by Gasteiger charge is -2.10. The molecule has 0 aliphatic rings. The van der Waals surface area contributed by atoms with Crippen molar-refractivity contribution < 1.29 is 14.3 Å². The van der Waals surface area contributed by atoms with E-state index < -0.39 is 11.8 Å². The molecule has 100 valence electrons. The number of benzene rings is 1. The molecule has 0 unspecified atom stereocenters. The summed E-state index contributed by atoms with van der Waals surface area (Å²) >= 11 is 11.7. The van der Waals surface area contributed by atoms with Crippen LogP contribution in [0.4, 0.5) is 10.1 Å². The fourth-order valence-electron chi connectivity index (χ4n) is 1.50. The van der Waals surface area contributed by atoms with Gasteiger partial charge in [0, 0.05) is 13.0 Å². The van der Waals surface area contributed by atoms with E-state index in [4.69, 9.17) is 28.3 Å². The lowest BCUT2D eigenvalue weighted by molar-refractivity contribution is -0.137. The van der Waals surface area contributed by atoms with Gasteiger partial charge in [0.25, 0.3) is 0 Å². The summed E-state index contributed by atoms with van der Waals surface area (Å²) in [6.07, 6.45) is 2.42. The van der Waals surface area contributed by atoms with Gasteiger partial charge >= 0.3 is 5.97 Å². The molecule has 1 aromatic rings. The number of anilines is 1. The molecule has 0 atom stereocenters. The van der Waals surface area contributed by atoms with Gasteiger partial charge in [0.1, 0.15) is 5.82 Å². The van der Waals surface area contributed by atoms with Crippen molar-refractivity contribution in [1.29, 1.82) is 0 Å². The van der Waals surface area contributed by atoms with E-state index in [1.165, 1.54) is 12.1 Å². The van der Waals surface area contributed by atoms with Gasteiger partial charge in [-0.05, 0) is 25.0 Å². The quantitative estimate of drug-likeness (QED) is 0.741. The maximum absolute atomic E-state index is 12.9. The van der Waals surface area contributed by atoms with Crippen LogP contribution in [0.1, 0.15) is 25.7 Å². The van der Waals surface area contributed by atoms with Crippen molar-refractivity contribution in [3.8, 4) is 0 Å². The Morgan fingerprint density at radius 3 is 2.39 bits per heavy atom. The summed E-state index contributed by atoms with van der Waals surface area (Å²) in [6.45, 7) is 0.616. The summed E-state index contributed by atoms with van der Waals surface area (Å²) in [6, 6.07) is 2.39. The number of hydrogen-bond acceptors (Lipinski definition) is 2. The highest BCUT2D eigenvalue weighted by Gasteiger charge is 2.07. The molecule has 0 spiro atoms. The van der Waals surface area contributed by atoms with Crippen molar-refractivity contribution in [2.24, 2.45) is 0 Å². The van der Waals surface area contributed by atoms with E-state index in [9.17, 15) is 9.18 Å². The Bertz CT molecular complexity index is 404. The molecule has 18 heavy (non-hydrogen) atoms. The highest BCUT2D eigenvalue weighted by molar-refractivity contribution is 6.39. The van der Waals surface area contributed by atoms with Crippen LogP contribution in [0.5, 0.6) is 0 Å². The van der Waals surface area contributed by atoms with Crippen LogP contribution in [0.15, 0.2) is 12.1 Å². The fraction of sp³-hybridized carbons (Fsp3) is 0.417. The third-order valence-electron chi connectivity index (χ3n) is 2.38. The molecule has 6 heteroatoms. The van der Waals surface area contributed by atoms with Crippen molar-refractivity contribution in [2.75, 3.05) is 11.9 Å². The molecule has 2 N–H and O–H groups in total. The summed E-state index contributed by atoms with van der Waals surface area (Å²) in [5, 5.41) is 12.0. The topological polar surface area (TPSA) is 49.3 Å². The predicted octanol–water partition coefficient (Wildman–Crippen LogP) is 4.19. The van der Waals surface area contributed by atoms with Crippen molar-refractivity contribution in [3.05, 3.63) is 28.0 Å². The molecule has 0 aliphatic heterocycles. The van der Waals surface area contributed by atoms with Crippen molar-refractivity contribution >= 4 is 34.9 Å². The number of carboxylic acids is 1. The highest BCUT2D eigenvalue weighted by atomic mass is 35.5. The molecule has 0 bridgehead atoms. The van der Waals surface area contributed by atoms with Gasteiger partial charge in [-0.15, -0.1) is 0 Å². The third kappa shape index (κ3) is 5.10. The SMILES string of the molecule is O=C(O)CCCCCNc1c(Cl)cc(F)cc1Cl. The Hall–Kier alpha value is -1.00. The molecule has 1 aromatic carbocycles. The second-order valence-electron chi connectivity index (χ2n) is 3.88. The molecule has 0 aliphatic carbocycles. The Morgan fingerprint density at radius 2 is 1.83 bits per heavy atom. The van der Waals surface area contributed by atoms with Crippen LogP contribution in [0.2, 0.25) is 10.0 Å². The van der Waals surface area contributed by atoms with Crippen LogP contribution in [-0.2, 0) is 4.79 Å². The van der Waals surface area contributed by atoms with E-state index in [0.717, 1.165) is 12.8 Å². The molecule has 0 fully saturated rings. The first-order valence-corrected chi connectivity index (χ1v) is 6.36. The lowest BCUT2D eigenvalue weighted by atomic mass is 10.2. The van der Waals surface area contributed by atoms with E-state index in [-0.39, 0.29) is 16.5 Å². The number of nitrogens with one attached hydrogen (secondary N) is 1. The maximum atomic E-state index is 12.9. The molecule has 0 heterocycles. The summed E-state index contributed by atoms with van der Waals surface area (Å²) in [5.74, 6) is -1.26. The van der Waals surface area contributed by atoms with Crippen LogP contribution in [-0.4, -0.2) is 17.6 Å². The second-order valence-corrected chi connectivity index (χ2v) is 4.69. The Kier molecular flexibility index (Phi) is 6.22. The van der Waals surface area contributed by atoms with E-state index in [1.54, 1.807) is 0 Å². The molecule has 0 amide bonds. The van der Waals surface area contributed by atoms with E-state index in [2.05, 4.69) is 5.32 Å². The zero-order chi connectivity index (χ0) is 13.5. The number of aliphatic carboxylic acids is 1. The lowest BCUT2D eigenvalue weighted by Crippen LogP contribution is -2.03. The average molecular weight is 294 g/mol. The monoisotopic (exact) mass is 293 g/mol. The fourth-order valence-corrected chi connectivity index (χ4v) is 2.10. The Balaban J connectivity index is 2.33. The minimum absolute atomic E-state index is 0.179. The summed E-state index contributed by atoms with van der Waals surface area (Å²) in [4.78, 5) is 10.3. The largest absolute Gasteiger partial charge is 0.481 e. The zero-order valence-corrected chi connectivity index (χ0v) is 11.2. The van der Waals surface area contributed by atoms with Gasteiger partial charge in [-0.1, -0.05) is 29.6 Å². The van der Waals surface area contributed by atoms with Crippen LogP contribution < -0.4 is 5.32 Å². The van der Waals surface area contributed by atoms with Crippen molar-refractivity contribution in [2.45, 2.75) is 25.7 Å². The van der Waals surface area contributed by atoms with Gasteiger partial charge in [-0.25, -0.2) is 4.39 Å². The standard InChI is InChI=1S/C12H14Cl2FNO2/c13-9-6-8(15)7-10(14)12(9)16-5-3-1-2-4-11(17)18/h6-7,16H,1-5H2,(H,17,18). The average Bonchev–Trinajstić information content (AvgIpc) is 2.25. The smallest absolute Gasteiger partial charge is 0.303 e. The summed E-state index contributed by atoms with van der Waals surface area (Å²) in [5.41, 5.74) is 0.512. The van der Waals surface area contributed by atoms with E-state index >= 15 is 0 Å². The van der Waals surface area contributed by atoms with Crippen molar-refractivity contribution in [3.63, 3.8) is 0 Å². The Labute approximate surface area is 115 Å². The van der Waals surface area contributed by atoms with Crippen LogP contribution in [0, 0.1) is 5.82 Å². The minimum Gasteiger partial charge on any atom is -0.481 e. The highest BCUT2D eigenvalue weighted by Crippen LogP contribution is 2.31. The summed E-state index contributed by atoms with van der Waals surface area (Å²) in [7, 11) is 0. The zero-order valence-electron chi connectivity index (χ0n) is 9.68. The number of rotatable bonds is 7. The normalized spacial score (nSPS) is 10.4. The molecule has 1 rings (SSSR count). The first kappa shape index (κ1) is 15.1. The van der Waals surface area contributed by atoms with Crippen LogP contribution in [0.25, 0.3) is 0 Å². The first-order chi connectivity index (χ1) is 8.50. The molecule has 3 nitrogen and oxygen atoms in total. The van der Waals surface area contributed by atoms with Crippen LogP contribution in [0.3, 0.4) is 0 Å². The molecule has 0 aromatic heterocycles. The molecule has 0 saturated heterocycles. The van der Waals surface area contributed by atoms with Gasteiger partial charge in [0.05, 0.1) is 15.7 Å². The van der Waals surface area contributed by atoms with Gasteiger partial charge in [0.15, 0.2) is 0 Å². The van der Waals surface area contributed by atoms with Gasteiger partial charge in [0.2, 0.25) is 0 Å². The second kappa shape index (κ2) is 7.44. The number of unbranched alkanes of at least 4 members (excludes halogenated alkanes) is 2. The van der Waals surface area contributed by atoms with Gasteiger partial charge < -0.3 is 10.4 Å². The predicted molar refractivity (Wildman–Crippen MR) is 71.0 cm³/mol. The molecule has 0 radical (unpaired) electrons. The Morgan fingerprint density at radius 1 is 1.22 bits per heavy atom. The number of halogens is 3. The molecular formula is C12H14Cl2FNO2. The van der Waals surface area contributed by atoms with Crippen LogP contribution >= 0.6 is 23.2 Å². The molecular weight excluding hydrogens is 280 g/mol. The minimum atomic E-state index is -0.785. The summed E-state index contributed by atoms with van der Waals surface area (Å²) < 4.78 is 12.9. The van der Waals surface area contributed by atoms with E-state index in [0.29, 0.717) is 18.7 Å². The third-order valence-corrected chi connectivity index (χ3v) is 2.97.